The molecule has 3 rings (SSSR count). The molecule has 0 aliphatic carbocycles. The predicted molar refractivity (Wildman–Crippen MR) is 126 cm³/mol. The molecule has 2 aromatic carbocycles. The molecule has 5 nitrogen and oxygen atoms in total. The van der Waals surface area contributed by atoms with Crippen molar-refractivity contribution in [2.45, 2.75) is 37.4 Å². The highest BCUT2D eigenvalue weighted by Gasteiger charge is 2.11. The second kappa shape index (κ2) is 10.4. The fourth-order valence-corrected chi connectivity index (χ4v) is 4.36. The number of anilines is 2. The highest BCUT2D eigenvalue weighted by atomic mass is 32.2. The van der Waals surface area contributed by atoms with E-state index in [0.29, 0.717) is 11.6 Å². The zero-order valence-corrected chi connectivity index (χ0v) is 18.9. The zero-order valence-electron chi connectivity index (χ0n) is 17.3. The first-order chi connectivity index (χ1) is 14.4. The van der Waals surface area contributed by atoms with Crippen LogP contribution in [0.25, 0.3) is 0 Å². The summed E-state index contributed by atoms with van der Waals surface area (Å²) in [6, 6.07) is 15.6. The topological polar surface area (TPSA) is 71.1 Å². The number of nitrogens with zero attached hydrogens (tertiary/aromatic N) is 1. The molecular weight excluding hydrogens is 414 g/mol. The number of aryl methyl sites for hydroxylation is 1. The average molecular weight is 440 g/mol. The van der Waals surface area contributed by atoms with E-state index in [1.807, 2.05) is 60.8 Å². The van der Waals surface area contributed by atoms with E-state index < -0.39 is 0 Å². The van der Waals surface area contributed by atoms with E-state index in [1.165, 1.54) is 28.7 Å². The molecule has 2 amide bonds. The maximum Gasteiger partial charge on any atom is 0.234 e. The van der Waals surface area contributed by atoms with Crippen molar-refractivity contribution in [3.05, 3.63) is 70.7 Å². The third-order valence-electron chi connectivity index (χ3n) is 4.40. The molecule has 0 bridgehead atoms. The van der Waals surface area contributed by atoms with E-state index in [2.05, 4.69) is 29.5 Å². The van der Waals surface area contributed by atoms with Gasteiger partial charge in [0.2, 0.25) is 11.8 Å². The lowest BCUT2D eigenvalue weighted by molar-refractivity contribution is -0.116. The van der Waals surface area contributed by atoms with Crippen molar-refractivity contribution in [1.29, 1.82) is 0 Å². The van der Waals surface area contributed by atoms with Gasteiger partial charge in [-0.1, -0.05) is 55.4 Å². The molecule has 0 spiro atoms. The van der Waals surface area contributed by atoms with Gasteiger partial charge in [0, 0.05) is 16.8 Å². The smallest absolute Gasteiger partial charge is 0.234 e. The Kier molecular flexibility index (Phi) is 7.65. The van der Waals surface area contributed by atoms with Gasteiger partial charge in [0.1, 0.15) is 0 Å². The van der Waals surface area contributed by atoms with Gasteiger partial charge >= 0.3 is 0 Å². The maximum atomic E-state index is 12.3. The van der Waals surface area contributed by atoms with Crippen molar-refractivity contribution >= 4 is 46.3 Å². The van der Waals surface area contributed by atoms with Crippen molar-refractivity contribution in [2.75, 3.05) is 16.4 Å². The van der Waals surface area contributed by atoms with E-state index in [1.54, 1.807) is 0 Å². The van der Waals surface area contributed by atoms with Gasteiger partial charge in [0.15, 0.2) is 4.34 Å². The first kappa shape index (κ1) is 22.1. The van der Waals surface area contributed by atoms with Crippen molar-refractivity contribution in [1.82, 2.24) is 4.98 Å². The Morgan fingerprint density at radius 2 is 1.57 bits per heavy atom. The zero-order chi connectivity index (χ0) is 21.5. The Morgan fingerprint density at radius 1 is 0.967 bits per heavy atom. The molecule has 0 saturated carbocycles. The summed E-state index contributed by atoms with van der Waals surface area (Å²) in [7, 11) is 0. The maximum absolute atomic E-state index is 12.3. The number of nitrogens with one attached hydrogen (secondary N) is 2. The SMILES string of the molecule is Cc1ccc(NC(=O)CSc2nc(CC(=O)Nc3ccc(C(C)C)cc3)cs2)cc1. The van der Waals surface area contributed by atoms with E-state index in [4.69, 9.17) is 0 Å². The number of benzene rings is 2. The Morgan fingerprint density at radius 3 is 2.20 bits per heavy atom. The largest absolute Gasteiger partial charge is 0.326 e. The number of hydrogen-bond acceptors (Lipinski definition) is 5. The average Bonchev–Trinajstić information content (AvgIpc) is 3.15. The van der Waals surface area contributed by atoms with Crippen LogP contribution in [-0.4, -0.2) is 22.6 Å². The fraction of sp³-hybridized carbons (Fsp3) is 0.261. The minimum Gasteiger partial charge on any atom is -0.326 e. The van der Waals surface area contributed by atoms with Crippen LogP contribution in [0.1, 0.15) is 36.6 Å². The highest BCUT2D eigenvalue weighted by Crippen LogP contribution is 2.23. The molecule has 1 aromatic heterocycles. The van der Waals surface area contributed by atoms with Gasteiger partial charge < -0.3 is 10.6 Å². The van der Waals surface area contributed by atoms with Crippen molar-refractivity contribution in [3.63, 3.8) is 0 Å². The van der Waals surface area contributed by atoms with Crippen LogP contribution in [0.2, 0.25) is 0 Å². The van der Waals surface area contributed by atoms with Crippen molar-refractivity contribution in [3.8, 4) is 0 Å². The number of aromatic nitrogens is 1. The Balaban J connectivity index is 1.45. The van der Waals surface area contributed by atoms with Crippen LogP contribution in [0.3, 0.4) is 0 Å². The van der Waals surface area contributed by atoms with Crippen molar-refractivity contribution < 1.29 is 9.59 Å². The fourth-order valence-electron chi connectivity index (χ4n) is 2.72. The number of carbonyl (C=O) groups excluding carboxylic acids is 2. The Hall–Kier alpha value is -2.64. The molecule has 0 aliphatic heterocycles. The predicted octanol–water partition coefficient (Wildman–Crippen LogP) is 5.49. The van der Waals surface area contributed by atoms with Gasteiger partial charge in [-0.25, -0.2) is 4.98 Å². The van der Waals surface area contributed by atoms with Crippen LogP contribution >= 0.6 is 23.1 Å². The molecule has 0 saturated heterocycles. The second-order valence-corrected chi connectivity index (χ2v) is 9.39. The number of thioether (sulfide) groups is 1. The Bertz CT molecular complexity index is 996. The third-order valence-corrected chi connectivity index (χ3v) is 6.47. The van der Waals surface area contributed by atoms with Crippen LogP contribution in [0.15, 0.2) is 58.3 Å². The molecule has 1 heterocycles. The monoisotopic (exact) mass is 439 g/mol. The molecular formula is C23H25N3O2S2. The van der Waals surface area contributed by atoms with Crippen LogP contribution in [0.4, 0.5) is 11.4 Å². The summed E-state index contributed by atoms with van der Waals surface area (Å²) in [4.78, 5) is 28.9. The molecule has 30 heavy (non-hydrogen) atoms. The van der Waals surface area contributed by atoms with Crippen molar-refractivity contribution in [2.24, 2.45) is 0 Å². The summed E-state index contributed by atoms with van der Waals surface area (Å²) >= 11 is 2.82. The second-order valence-electron chi connectivity index (χ2n) is 7.31. The number of rotatable bonds is 8. The van der Waals surface area contributed by atoms with E-state index in [9.17, 15) is 9.59 Å². The quantitative estimate of drug-likeness (QED) is 0.456. The first-order valence-corrected chi connectivity index (χ1v) is 11.6. The van der Waals surface area contributed by atoms with Gasteiger partial charge in [-0.2, -0.15) is 0 Å². The van der Waals surface area contributed by atoms with Crippen LogP contribution < -0.4 is 10.6 Å². The number of amides is 2. The van der Waals surface area contributed by atoms with Crippen LogP contribution in [0.5, 0.6) is 0 Å². The summed E-state index contributed by atoms with van der Waals surface area (Å²) < 4.78 is 0.776. The lowest BCUT2D eigenvalue weighted by Crippen LogP contribution is -2.15. The minimum atomic E-state index is -0.105. The lowest BCUT2D eigenvalue weighted by atomic mass is 10.0. The van der Waals surface area contributed by atoms with Crippen LogP contribution in [-0.2, 0) is 16.0 Å². The molecule has 0 atom stereocenters. The summed E-state index contributed by atoms with van der Waals surface area (Å²) in [5.74, 6) is 0.545. The standard InChI is InChI=1S/C23H25N3O2S2/c1-15(2)17-6-10-19(11-7-17)24-21(27)12-20-13-29-23(26-20)30-14-22(28)25-18-8-4-16(3)5-9-18/h4-11,13,15H,12,14H2,1-3H3,(H,24,27)(H,25,28). The molecule has 0 fully saturated rings. The minimum absolute atomic E-state index is 0.0804. The molecule has 0 aliphatic rings. The molecule has 7 heteroatoms. The van der Waals surface area contributed by atoms with Gasteiger partial charge in [-0.3, -0.25) is 9.59 Å². The molecule has 2 N–H and O–H groups in total. The van der Waals surface area contributed by atoms with E-state index in [-0.39, 0.29) is 24.0 Å². The van der Waals surface area contributed by atoms with Gasteiger partial charge in [-0.05, 0) is 42.7 Å². The third kappa shape index (κ3) is 6.71. The normalized spacial score (nSPS) is 10.8. The van der Waals surface area contributed by atoms with Gasteiger partial charge in [-0.15, -0.1) is 11.3 Å². The molecule has 0 unspecified atom stereocenters. The highest BCUT2D eigenvalue weighted by molar-refractivity contribution is 8.01. The number of thiazole rings is 1. The number of hydrogen-bond donors (Lipinski definition) is 2. The molecule has 3 aromatic rings. The van der Waals surface area contributed by atoms with Crippen LogP contribution in [0, 0.1) is 6.92 Å². The first-order valence-electron chi connectivity index (χ1n) is 9.72. The van der Waals surface area contributed by atoms with E-state index >= 15 is 0 Å². The summed E-state index contributed by atoms with van der Waals surface area (Å²) in [6.07, 6.45) is 0.207. The van der Waals surface area contributed by atoms with E-state index in [0.717, 1.165) is 21.3 Å². The summed E-state index contributed by atoms with van der Waals surface area (Å²) in [5, 5.41) is 7.63. The lowest BCUT2D eigenvalue weighted by Gasteiger charge is -2.08. The summed E-state index contributed by atoms with van der Waals surface area (Å²) in [5.41, 5.74) is 4.65. The van der Waals surface area contributed by atoms with Gasteiger partial charge in [0.25, 0.3) is 0 Å². The van der Waals surface area contributed by atoms with Gasteiger partial charge in [0.05, 0.1) is 17.9 Å². The molecule has 156 valence electrons. The number of carbonyl (C=O) groups is 2. The summed E-state index contributed by atoms with van der Waals surface area (Å²) in [6.45, 7) is 6.28. The Labute approximate surface area is 185 Å². The molecule has 0 radical (unpaired) electrons.